The van der Waals surface area contributed by atoms with Gasteiger partial charge in [0.05, 0.1) is 17.4 Å². The molecule has 1 aromatic heterocycles. The lowest BCUT2D eigenvalue weighted by Crippen LogP contribution is -2.50. The highest BCUT2D eigenvalue weighted by molar-refractivity contribution is 5.92. The largest absolute Gasteiger partial charge is 0.478 e. The van der Waals surface area contributed by atoms with Crippen molar-refractivity contribution in [1.29, 1.82) is 0 Å². The van der Waals surface area contributed by atoms with Crippen molar-refractivity contribution < 1.29 is 14.7 Å². The number of aromatic carboxylic acids is 1. The van der Waals surface area contributed by atoms with Gasteiger partial charge in [0.15, 0.2) is 0 Å². The van der Waals surface area contributed by atoms with E-state index in [1.807, 2.05) is 0 Å². The Balaban J connectivity index is 1.94. The molecule has 0 aromatic carbocycles. The molecule has 5 N–H and O–H groups in total. The summed E-state index contributed by atoms with van der Waals surface area (Å²) in [4.78, 5) is 26.4. The van der Waals surface area contributed by atoms with Crippen LogP contribution in [0.5, 0.6) is 0 Å². The molecule has 0 bridgehead atoms. The Hall–Kier alpha value is -2.15. The highest BCUT2D eigenvalue weighted by Crippen LogP contribution is 2.17. The summed E-state index contributed by atoms with van der Waals surface area (Å²) in [5.41, 5.74) is 6.32. The van der Waals surface area contributed by atoms with Crippen LogP contribution in [0.1, 0.15) is 36.0 Å². The number of amides is 2. The smallest absolute Gasteiger partial charge is 0.337 e. The lowest BCUT2D eigenvalue weighted by Gasteiger charge is -2.29. The summed E-state index contributed by atoms with van der Waals surface area (Å²) in [5, 5.41) is 14.2. The summed E-state index contributed by atoms with van der Waals surface area (Å²) in [6.45, 7) is 0. The molecule has 1 saturated carbocycles. The average molecular weight is 278 g/mol. The predicted octanol–water partition coefficient (Wildman–Crippen LogP) is 1.17. The average Bonchev–Trinajstić information content (AvgIpc) is 2.41. The van der Waals surface area contributed by atoms with E-state index >= 15 is 0 Å². The summed E-state index contributed by atoms with van der Waals surface area (Å²) < 4.78 is 0. The molecule has 0 aliphatic heterocycles. The van der Waals surface area contributed by atoms with Crippen LogP contribution in [-0.4, -0.2) is 34.2 Å². The van der Waals surface area contributed by atoms with Gasteiger partial charge in [-0.2, -0.15) is 0 Å². The molecule has 0 spiro atoms. The number of pyridine rings is 1. The first kappa shape index (κ1) is 14.3. The Labute approximate surface area is 116 Å². The van der Waals surface area contributed by atoms with Crippen LogP contribution in [0.3, 0.4) is 0 Å². The van der Waals surface area contributed by atoms with Crippen LogP contribution in [0.25, 0.3) is 0 Å². The number of carbonyl (C=O) groups excluding carboxylic acids is 1. The third-order valence-corrected chi connectivity index (χ3v) is 3.38. The van der Waals surface area contributed by atoms with Crippen LogP contribution >= 0.6 is 0 Å². The second-order valence-electron chi connectivity index (χ2n) is 4.92. The zero-order valence-electron chi connectivity index (χ0n) is 11.0. The molecule has 2 unspecified atom stereocenters. The Kier molecular flexibility index (Phi) is 4.52. The molecule has 1 fully saturated rings. The van der Waals surface area contributed by atoms with E-state index in [0.717, 1.165) is 25.7 Å². The molecule has 1 aliphatic rings. The van der Waals surface area contributed by atoms with E-state index < -0.39 is 12.0 Å². The number of hydrogen-bond acceptors (Lipinski definition) is 4. The first-order valence-electron chi connectivity index (χ1n) is 6.57. The predicted molar refractivity (Wildman–Crippen MR) is 73.6 cm³/mol. The van der Waals surface area contributed by atoms with Crippen molar-refractivity contribution in [2.24, 2.45) is 5.73 Å². The van der Waals surface area contributed by atoms with Gasteiger partial charge in [-0.15, -0.1) is 0 Å². The van der Waals surface area contributed by atoms with Crippen molar-refractivity contribution in [3.8, 4) is 0 Å². The van der Waals surface area contributed by atoms with Crippen molar-refractivity contribution in [3.05, 3.63) is 24.0 Å². The molecule has 0 saturated heterocycles. The summed E-state index contributed by atoms with van der Waals surface area (Å²) in [6, 6.07) is 0.893. The van der Waals surface area contributed by atoms with Gasteiger partial charge in [-0.1, -0.05) is 12.8 Å². The lowest BCUT2D eigenvalue weighted by atomic mass is 9.91. The number of nitrogens with two attached hydrogens (primary N) is 1. The highest BCUT2D eigenvalue weighted by atomic mass is 16.4. The number of rotatable bonds is 3. The molecule has 7 heteroatoms. The third kappa shape index (κ3) is 3.67. The van der Waals surface area contributed by atoms with Crippen molar-refractivity contribution >= 4 is 17.7 Å². The van der Waals surface area contributed by atoms with Crippen LogP contribution in [-0.2, 0) is 0 Å². The molecular formula is C13H18N4O3. The van der Waals surface area contributed by atoms with Gasteiger partial charge >= 0.3 is 12.0 Å². The molecule has 20 heavy (non-hydrogen) atoms. The van der Waals surface area contributed by atoms with Crippen LogP contribution in [0.4, 0.5) is 10.5 Å². The van der Waals surface area contributed by atoms with E-state index in [0.29, 0.717) is 5.69 Å². The number of carboxylic acids is 1. The number of anilines is 1. The number of aromatic nitrogens is 1. The first-order valence-corrected chi connectivity index (χ1v) is 6.57. The fourth-order valence-corrected chi connectivity index (χ4v) is 2.30. The van der Waals surface area contributed by atoms with Crippen LogP contribution < -0.4 is 16.4 Å². The summed E-state index contributed by atoms with van der Waals surface area (Å²) in [7, 11) is 0. The van der Waals surface area contributed by atoms with E-state index in [1.54, 1.807) is 0 Å². The Morgan fingerprint density at radius 2 is 2.05 bits per heavy atom. The third-order valence-electron chi connectivity index (χ3n) is 3.38. The van der Waals surface area contributed by atoms with Crippen LogP contribution in [0.2, 0.25) is 0 Å². The summed E-state index contributed by atoms with van der Waals surface area (Å²) >= 11 is 0. The van der Waals surface area contributed by atoms with Gasteiger partial charge < -0.3 is 21.5 Å². The second kappa shape index (κ2) is 6.33. The Morgan fingerprint density at radius 3 is 2.75 bits per heavy atom. The van der Waals surface area contributed by atoms with E-state index in [-0.39, 0.29) is 17.6 Å². The number of carbonyl (C=O) groups is 2. The van der Waals surface area contributed by atoms with E-state index in [4.69, 9.17) is 10.8 Å². The monoisotopic (exact) mass is 278 g/mol. The molecule has 1 aromatic rings. The summed E-state index contributed by atoms with van der Waals surface area (Å²) in [6.07, 6.45) is 6.53. The maximum absolute atomic E-state index is 11.9. The van der Waals surface area contributed by atoms with Gasteiger partial charge in [-0.25, -0.2) is 9.59 Å². The minimum atomic E-state index is -1.09. The number of urea groups is 1. The SMILES string of the molecule is NC1CCCCC1NC(=O)Nc1cncc(C(=O)O)c1. The molecule has 108 valence electrons. The fourth-order valence-electron chi connectivity index (χ4n) is 2.30. The first-order chi connectivity index (χ1) is 9.56. The van der Waals surface area contributed by atoms with Crippen molar-refractivity contribution in [2.45, 2.75) is 37.8 Å². The van der Waals surface area contributed by atoms with Gasteiger partial charge in [0.1, 0.15) is 0 Å². The Morgan fingerprint density at radius 1 is 1.30 bits per heavy atom. The lowest BCUT2D eigenvalue weighted by molar-refractivity contribution is 0.0696. The fraction of sp³-hybridized carbons (Fsp3) is 0.462. The van der Waals surface area contributed by atoms with E-state index in [9.17, 15) is 9.59 Å². The highest BCUT2D eigenvalue weighted by Gasteiger charge is 2.23. The van der Waals surface area contributed by atoms with Gasteiger partial charge in [-0.3, -0.25) is 4.98 Å². The van der Waals surface area contributed by atoms with Crippen molar-refractivity contribution in [2.75, 3.05) is 5.32 Å². The summed E-state index contributed by atoms with van der Waals surface area (Å²) in [5.74, 6) is -1.09. The molecule has 0 radical (unpaired) electrons. The van der Waals surface area contributed by atoms with Gasteiger partial charge in [0, 0.05) is 18.3 Å². The number of carboxylic acid groups (broad SMARTS) is 1. The molecule has 2 amide bonds. The van der Waals surface area contributed by atoms with E-state index in [2.05, 4.69) is 15.6 Å². The van der Waals surface area contributed by atoms with Crippen molar-refractivity contribution in [1.82, 2.24) is 10.3 Å². The van der Waals surface area contributed by atoms with Crippen molar-refractivity contribution in [3.63, 3.8) is 0 Å². The minimum absolute atomic E-state index is 0.0252. The second-order valence-corrected chi connectivity index (χ2v) is 4.92. The van der Waals surface area contributed by atoms with Gasteiger partial charge in [0.2, 0.25) is 0 Å². The number of hydrogen-bond donors (Lipinski definition) is 4. The van der Waals surface area contributed by atoms with Gasteiger partial charge in [-0.05, 0) is 18.9 Å². The Bertz CT molecular complexity index is 506. The quantitative estimate of drug-likeness (QED) is 0.662. The zero-order valence-corrected chi connectivity index (χ0v) is 11.0. The van der Waals surface area contributed by atoms with Crippen LogP contribution in [0, 0.1) is 0 Å². The maximum Gasteiger partial charge on any atom is 0.337 e. The molecule has 1 heterocycles. The zero-order chi connectivity index (χ0) is 14.5. The molecule has 2 atom stereocenters. The number of nitrogens with one attached hydrogen (secondary N) is 2. The molecule has 7 nitrogen and oxygen atoms in total. The minimum Gasteiger partial charge on any atom is -0.478 e. The maximum atomic E-state index is 11.9. The standard InChI is InChI=1S/C13H18N4O3/c14-10-3-1-2-4-11(10)17-13(20)16-9-5-8(12(18)19)6-15-7-9/h5-7,10-11H,1-4,14H2,(H,18,19)(H2,16,17,20). The number of nitrogens with zero attached hydrogens (tertiary/aromatic N) is 1. The topological polar surface area (TPSA) is 117 Å². The molecular weight excluding hydrogens is 260 g/mol. The molecule has 1 aliphatic carbocycles. The van der Waals surface area contributed by atoms with E-state index in [1.165, 1.54) is 18.5 Å². The van der Waals surface area contributed by atoms with Crippen LogP contribution in [0.15, 0.2) is 18.5 Å². The van der Waals surface area contributed by atoms with Gasteiger partial charge in [0.25, 0.3) is 0 Å². The normalized spacial score (nSPS) is 22.1. The molecule has 2 rings (SSSR count).